The molecule has 16 heavy (non-hydrogen) atoms. The lowest BCUT2D eigenvalue weighted by Gasteiger charge is -2.02. The molecule has 0 heterocycles. The van der Waals surface area contributed by atoms with E-state index >= 15 is 0 Å². The van der Waals surface area contributed by atoms with Crippen LogP contribution >= 0.6 is 45.0 Å². The zero-order valence-electron chi connectivity index (χ0n) is 8.33. The van der Waals surface area contributed by atoms with Gasteiger partial charge in [0.1, 0.15) is 14.4 Å². The molecule has 0 bridgehead atoms. The van der Waals surface area contributed by atoms with Crippen LogP contribution in [0.3, 0.4) is 0 Å². The van der Waals surface area contributed by atoms with Crippen LogP contribution in [0.4, 0.5) is 0 Å². The minimum atomic E-state index is -3.64. The fourth-order valence-electron chi connectivity index (χ4n) is 0.966. The van der Waals surface area contributed by atoms with Crippen molar-refractivity contribution in [2.45, 2.75) is 16.2 Å². The van der Waals surface area contributed by atoms with E-state index in [0.29, 0.717) is 6.42 Å². The number of hydrogen-bond donors (Lipinski definition) is 0. The van der Waals surface area contributed by atoms with Crippen LogP contribution in [0, 0.1) is 0 Å². The van der Waals surface area contributed by atoms with Crippen molar-refractivity contribution in [2.24, 2.45) is 0 Å². The summed E-state index contributed by atoms with van der Waals surface area (Å²) >= 11 is 15.9. The largest absolute Gasteiger partial charge is 0.261 e. The quantitative estimate of drug-likeness (QED) is 0.367. The molecule has 0 saturated carbocycles. The average Bonchev–Trinajstić information content (AvgIpc) is 2.19. The van der Waals surface area contributed by atoms with Gasteiger partial charge in [0.25, 0.3) is 9.05 Å². The molecule has 1 aromatic carbocycles. The number of rotatable bonds is 3. The molecule has 1 aromatic rings. The molecule has 0 aliphatic rings. The Morgan fingerprint density at radius 3 is 1.88 bits per heavy atom. The van der Waals surface area contributed by atoms with Gasteiger partial charge in [0.05, 0.1) is 4.90 Å². The van der Waals surface area contributed by atoms with Crippen molar-refractivity contribution in [1.82, 2.24) is 0 Å². The molecule has 92 valence electrons. The Morgan fingerprint density at radius 2 is 1.56 bits per heavy atom. The lowest BCUT2D eigenvalue weighted by Crippen LogP contribution is -1.95. The zero-order valence-corrected chi connectivity index (χ0v) is 14.2. The van der Waals surface area contributed by atoms with E-state index in [2.05, 4.69) is 0 Å². The van der Waals surface area contributed by atoms with Crippen molar-refractivity contribution in [3.05, 3.63) is 29.8 Å². The molecule has 0 N–H and O–H groups in total. The minimum absolute atomic E-state index is 0.0728. The van der Waals surface area contributed by atoms with Crippen LogP contribution in [-0.4, -0.2) is 22.8 Å². The third-order valence-corrected chi connectivity index (χ3v) is 3.27. The third-order valence-electron chi connectivity index (χ3n) is 1.59. The molecule has 8 heteroatoms. The van der Waals surface area contributed by atoms with Crippen LogP contribution in [0.5, 0.6) is 0 Å². The second kappa shape index (κ2) is 7.79. The molecule has 0 atom stereocenters. The second-order valence-corrected chi connectivity index (χ2v) is 6.52. The molecule has 0 saturated heterocycles. The first-order chi connectivity index (χ1) is 7.39. The normalized spacial score (nSPS) is 11.1. The van der Waals surface area contributed by atoms with E-state index in [-0.39, 0.29) is 4.90 Å². The molecule has 0 fully saturated rings. The van der Waals surface area contributed by atoms with Gasteiger partial charge in [-0.1, -0.05) is 12.1 Å². The predicted molar refractivity (Wildman–Crippen MR) is 74.5 cm³/mol. The van der Waals surface area contributed by atoms with Crippen molar-refractivity contribution >= 4 is 63.6 Å². The maximum absolute atomic E-state index is 10.9. The van der Waals surface area contributed by atoms with Gasteiger partial charge in [-0.25, -0.2) is 8.42 Å². The smallest absolute Gasteiger partial charge is 0.207 e. The summed E-state index contributed by atoms with van der Waals surface area (Å²) < 4.78 is 21.8. The highest BCUT2D eigenvalue weighted by molar-refractivity contribution is 8.13. The Morgan fingerprint density at radius 1 is 1.12 bits per heavy atom. The van der Waals surface area contributed by atoms with Crippen molar-refractivity contribution < 1.29 is 8.42 Å². The standard InChI is InChI=1S/C8H7Cl3O2S.ClH3Si/c9-8(10)5-6-1-3-7(4-2-6)14(11,12)13;1-2/h1-4,8H,5H2;2H3. The van der Waals surface area contributed by atoms with Gasteiger partial charge in [-0.3, -0.25) is 0 Å². The van der Waals surface area contributed by atoms with Crippen LogP contribution < -0.4 is 0 Å². The first-order valence-electron chi connectivity index (χ1n) is 4.09. The van der Waals surface area contributed by atoms with Crippen LogP contribution in [0.25, 0.3) is 0 Å². The van der Waals surface area contributed by atoms with Gasteiger partial charge in [0.2, 0.25) is 0 Å². The molecular formula is C8H10Cl4O2SSi. The van der Waals surface area contributed by atoms with Gasteiger partial charge in [-0.05, 0) is 17.7 Å². The van der Waals surface area contributed by atoms with E-state index in [9.17, 15) is 8.42 Å². The summed E-state index contributed by atoms with van der Waals surface area (Å²) in [6.45, 7) is 0. The molecule has 0 spiro atoms. The first kappa shape index (κ1) is 16.5. The van der Waals surface area contributed by atoms with Gasteiger partial charge in [0, 0.05) is 17.1 Å². The predicted octanol–water partition coefficient (Wildman–Crippen LogP) is 2.47. The Labute approximate surface area is 117 Å². The summed E-state index contributed by atoms with van der Waals surface area (Å²) in [5.41, 5.74) is 0.865. The van der Waals surface area contributed by atoms with Crippen molar-refractivity contribution in [3.8, 4) is 0 Å². The molecule has 0 radical (unpaired) electrons. The molecule has 0 aliphatic carbocycles. The Kier molecular flexibility index (Phi) is 8.06. The lowest BCUT2D eigenvalue weighted by molar-refractivity contribution is 0.609. The third kappa shape index (κ3) is 6.32. The highest BCUT2D eigenvalue weighted by atomic mass is 35.7. The summed E-state index contributed by atoms with van der Waals surface area (Å²) in [4.78, 5) is -0.419. The van der Waals surface area contributed by atoms with E-state index in [0.717, 1.165) is 15.1 Å². The van der Waals surface area contributed by atoms with Crippen molar-refractivity contribution in [1.29, 1.82) is 0 Å². The molecular weight excluding hydrogens is 330 g/mol. The fraction of sp³-hybridized carbons (Fsp3) is 0.250. The summed E-state index contributed by atoms with van der Waals surface area (Å²) in [6, 6.07) is 6.11. The molecule has 0 unspecified atom stereocenters. The average molecular weight is 340 g/mol. The van der Waals surface area contributed by atoms with Crippen LogP contribution in [-0.2, 0) is 15.5 Å². The Hall–Kier alpha value is 0.547. The first-order valence-corrected chi connectivity index (χ1v) is 10.3. The van der Waals surface area contributed by atoms with Crippen LogP contribution in [0.15, 0.2) is 29.2 Å². The van der Waals surface area contributed by atoms with E-state index in [1.165, 1.54) is 12.1 Å². The zero-order chi connectivity index (χ0) is 12.8. The fourth-order valence-corrected chi connectivity index (χ4v) is 2.09. The summed E-state index contributed by atoms with van der Waals surface area (Å²) in [5.74, 6) is 0. The number of halogens is 4. The molecule has 1 rings (SSSR count). The summed E-state index contributed by atoms with van der Waals surface area (Å²) in [6.07, 6.45) is 0.478. The van der Waals surface area contributed by atoms with E-state index < -0.39 is 13.9 Å². The topological polar surface area (TPSA) is 34.1 Å². The molecule has 0 aliphatic heterocycles. The van der Waals surface area contributed by atoms with Gasteiger partial charge >= 0.3 is 0 Å². The van der Waals surface area contributed by atoms with Crippen LogP contribution in [0.1, 0.15) is 5.56 Å². The lowest BCUT2D eigenvalue weighted by atomic mass is 10.2. The highest BCUT2D eigenvalue weighted by Crippen LogP contribution is 2.17. The second-order valence-electron chi connectivity index (χ2n) is 2.68. The molecule has 2 nitrogen and oxygen atoms in total. The maximum atomic E-state index is 10.9. The summed E-state index contributed by atoms with van der Waals surface area (Å²) in [5, 5.41) is 0. The Bertz CT molecular complexity index is 405. The molecule has 0 aromatic heterocycles. The number of hydrogen-bond acceptors (Lipinski definition) is 2. The summed E-state index contributed by atoms with van der Waals surface area (Å²) in [7, 11) is 2.27. The van der Waals surface area contributed by atoms with Gasteiger partial charge in [-0.2, -0.15) is 11.1 Å². The minimum Gasteiger partial charge on any atom is -0.207 e. The van der Waals surface area contributed by atoms with Crippen LogP contribution in [0.2, 0.25) is 0 Å². The van der Waals surface area contributed by atoms with E-state index in [4.69, 9.17) is 45.0 Å². The van der Waals surface area contributed by atoms with Gasteiger partial charge in [0.15, 0.2) is 0 Å². The van der Waals surface area contributed by atoms with Gasteiger partial charge in [-0.15, -0.1) is 23.2 Å². The molecule has 0 amide bonds. The Balaban J connectivity index is 0.00000106. The number of benzene rings is 1. The monoisotopic (exact) mass is 338 g/mol. The van der Waals surface area contributed by atoms with Crippen molar-refractivity contribution in [2.75, 3.05) is 0 Å². The van der Waals surface area contributed by atoms with Crippen molar-refractivity contribution in [3.63, 3.8) is 0 Å². The number of alkyl halides is 2. The maximum Gasteiger partial charge on any atom is 0.261 e. The van der Waals surface area contributed by atoms with E-state index in [1.807, 2.05) is 0 Å². The highest BCUT2D eigenvalue weighted by Gasteiger charge is 2.09. The van der Waals surface area contributed by atoms with E-state index in [1.54, 1.807) is 12.1 Å². The van der Waals surface area contributed by atoms with Gasteiger partial charge < -0.3 is 0 Å². The SMILES string of the molecule is O=S(=O)(Cl)c1ccc(CC(Cl)Cl)cc1.[SiH3]Cl.